The van der Waals surface area contributed by atoms with Crippen molar-refractivity contribution in [2.45, 2.75) is 6.54 Å². The number of rotatable bonds is 2. The van der Waals surface area contributed by atoms with E-state index < -0.39 is 0 Å². The second-order valence-electron chi connectivity index (χ2n) is 4.47. The minimum atomic E-state index is -0.116. The van der Waals surface area contributed by atoms with Crippen molar-refractivity contribution in [2.24, 2.45) is 0 Å². The number of nitrogens with two attached hydrogens (primary N) is 1. The molecule has 1 aromatic heterocycles. The first-order valence-electron chi connectivity index (χ1n) is 6.06. The molecule has 6 heteroatoms. The lowest BCUT2D eigenvalue weighted by Gasteiger charge is -2.29. The minimum absolute atomic E-state index is 0.0230. The molecule has 20 heavy (non-hydrogen) atoms. The van der Waals surface area contributed by atoms with Crippen molar-refractivity contribution in [1.29, 1.82) is 0 Å². The number of amides is 1. The van der Waals surface area contributed by atoms with Gasteiger partial charge in [-0.2, -0.15) is 0 Å². The number of carbonyl (C=O) groups is 1. The van der Waals surface area contributed by atoms with Gasteiger partial charge in [0.1, 0.15) is 11.6 Å². The molecule has 0 spiro atoms. The van der Waals surface area contributed by atoms with Crippen molar-refractivity contribution >= 4 is 29.0 Å². The molecule has 0 atom stereocenters. The van der Waals surface area contributed by atoms with E-state index in [0.717, 1.165) is 5.56 Å². The monoisotopic (exact) mass is 289 g/mol. The van der Waals surface area contributed by atoms with Gasteiger partial charge in [0.2, 0.25) is 0 Å². The molecule has 1 aromatic carbocycles. The molecule has 3 rings (SSSR count). The molecule has 102 valence electrons. The predicted molar refractivity (Wildman–Crippen MR) is 76.8 cm³/mol. The van der Waals surface area contributed by atoms with Gasteiger partial charge in [0.15, 0.2) is 6.61 Å². The molecule has 2 N–H and O–H groups in total. The maximum Gasteiger partial charge on any atom is 0.265 e. The fraction of sp³-hybridized carbons (Fsp3) is 0.143. The van der Waals surface area contributed by atoms with Gasteiger partial charge in [-0.3, -0.25) is 4.79 Å². The van der Waals surface area contributed by atoms with Crippen LogP contribution >= 0.6 is 11.6 Å². The summed E-state index contributed by atoms with van der Waals surface area (Å²) in [5, 5.41) is 0.557. The van der Waals surface area contributed by atoms with E-state index in [4.69, 9.17) is 22.1 Å². The summed E-state index contributed by atoms with van der Waals surface area (Å²) in [5.74, 6) is 0.959. The summed E-state index contributed by atoms with van der Waals surface area (Å²) in [6.07, 6.45) is 1.62. The Bertz CT molecular complexity index is 675. The van der Waals surface area contributed by atoms with Crippen LogP contribution in [-0.4, -0.2) is 17.5 Å². The van der Waals surface area contributed by atoms with Crippen LogP contribution in [0.5, 0.6) is 5.75 Å². The zero-order valence-corrected chi connectivity index (χ0v) is 11.3. The summed E-state index contributed by atoms with van der Waals surface area (Å²) in [4.78, 5) is 17.6. The SMILES string of the molecule is Nc1cc(CN2C(=O)COc3ccc(Cl)cc32)ccn1. The number of carbonyl (C=O) groups excluding carboxylic acids is 1. The zero-order chi connectivity index (χ0) is 14.1. The second kappa shape index (κ2) is 5.02. The Hall–Kier alpha value is -2.27. The highest BCUT2D eigenvalue weighted by molar-refractivity contribution is 6.31. The van der Waals surface area contributed by atoms with Crippen LogP contribution in [0.15, 0.2) is 36.5 Å². The molecule has 0 saturated carbocycles. The lowest BCUT2D eigenvalue weighted by atomic mass is 10.2. The van der Waals surface area contributed by atoms with Crippen LogP contribution in [0.25, 0.3) is 0 Å². The number of pyridine rings is 1. The smallest absolute Gasteiger partial charge is 0.265 e. The molecule has 2 aromatic rings. The summed E-state index contributed by atoms with van der Waals surface area (Å²) in [6.45, 7) is 0.428. The standard InChI is InChI=1S/C14H12ClN3O2/c15-10-1-2-12-11(6-10)18(14(19)8-20-12)7-9-3-4-17-13(16)5-9/h1-6H,7-8H2,(H2,16,17). The van der Waals surface area contributed by atoms with Gasteiger partial charge in [0.25, 0.3) is 5.91 Å². The predicted octanol–water partition coefficient (Wildman–Crippen LogP) is 2.24. The molecule has 1 amide bonds. The van der Waals surface area contributed by atoms with E-state index in [9.17, 15) is 4.79 Å². The van der Waals surface area contributed by atoms with Gasteiger partial charge in [-0.25, -0.2) is 4.98 Å². The summed E-state index contributed by atoms with van der Waals surface area (Å²) in [6, 6.07) is 8.78. The van der Waals surface area contributed by atoms with Crippen molar-refractivity contribution in [2.75, 3.05) is 17.2 Å². The molecular weight excluding hydrogens is 278 g/mol. The van der Waals surface area contributed by atoms with Gasteiger partial charge in [-0.1, -0.05) is 11.6 Å². The Morgan fingerprint density at radius 3 is 3.00 bits per heavy atom. The Morgan fingerprint density at radius 2 is 2.20 bits per heavy atom. The first kappa shape index (κ1) is 12.7. The summed E-state index contributed by atoms with van der Waals surface area (Å²) in [7, 11) is 0. The van der Waals surface area contributed by atoms with Crippen LogP contribution < -0.4 is 15.4 Å². The number of halogens is 1. The highest BCUT2D eigenvalue weighted by Gasteiger charge is 2.25. The van der Waals surface area contributed by atoms with Crippen LogP contribution in [0.2, 0.25) is 5.02 Å². The van der Waals surface area contributed by atoms with Crippen molar-refractivity contribution in [3.8, 4) is 5.75 Å². The maximum absolute atomic E-state index is 12.1. The topological polar surface area (TPSA) is 68.5 Å². The molecule has 0 aliphatic carbocycles. The molecule has 1 aliphatic heterocycles. The average molecular weight is 290 g/mol. The van der Waals surface area contributed by atoms with Gasteiger partial charge in [0.05, 0.1) is 12.2 Å². The van der Waals surface area contributed by atoms with Crippen LogP contribution in [-0.2, 0) is 11.3 Å². The zero-order valence-electron chi connectivity index (χ0n) is 10.5. The molecule has 0 fully saturated rings. The van der Waals surface area contributed by atoms with Gasteiger partial charge in [0, 0.05) is 11.2 Å². The Balaban J connectivity index is 1.97. The van der Waals surface area contributed by atoms with E-state index >= 15 is 0 Å². The first-order chi connectivity index (χ1) is 9.63. The number of fused-ring (bicyclic) bond motifs is 1. The van der Waals surface area contributed by atoms with E-state index in [1.54, 1.807) is 35.4 Å². The fourth-order valence-corrected chi connectivity index (χ4v) is 2.29. The van der Waals surface area contributed by atoms with Gasteiger partial charge < -0.3 is 15.4 Å². The average Bonchev–Trinajstić information content (AvgIpc) is 2.42. The van der Waals surface area contributed by atoms with Gasteiger partial charge in [-0.15, -0.1) is 0 Å². The van der Waals surface area contributed by atoms with Crippen molar-refractivity contribution in [1.82, 2.24) is 4.98 Å². The largest absolute Gasteiger partial charge is 0.482 e. The fourth-order valence-electron chi connectivity index (χ4n) is 2.12. The van der Waals surface area contributed by atoms with E-state index in [2.05, 4.69) is 4.98 Å². The highest BCUT2D eigenvalue weighted by atomic mass is 35.5. The molecule has 2 heterocycles. The number of hydrogen-bond acceptors (Lipinski definition) is 4. The van der Waals surface area contributed by atoms with Crippen LogP contribution in [0, 0.1) is 0 Å². The van der Waals surface area contributed by atoms with E-state index in [-0.39, 0.29) is 12.5 Å². The molecule has 0 radical (unpaired) electrons. The molecule has 0 saturated heterocycles. The summed E-state index contributed by atoms with van der Waals surface area (Å²) >= 11 is 5.99. The Kier molecular flexibility index (Phi) is 3.20. The molecule has 0 unspecified atom stereocenters. The normalized spacial score (nSPS) is 13.8. The number of ether oxygens (including phenoxy) is 1. The number of hydrogen-bond donors (Lipinski definition) is 1. The number of nitrogen functional groups attached to an aromatic ring is 1. The highest BCUT2D eigenvalue weighted by Crippen LogP contribution is 2.35. The van der Waals surface area contributed by atoms with Gasteiger partial charge >= 0.3 is 0 Å². The lowest BCUT2D eigenvalue weighted by Crippen LogP contribution is -2.38. The third-order valence-electron chi connectivity index (χ3n) is 3.05. The quantitative estimate of drug-likeness (QED) is 0.920. The Labute approximate surface area is 120 Å². The maximum atomic E-state index is 12.1. The molecular formula is C14H12ClN3O2. The van der Waals surface area contributed by atoms with Crippen LogP contribution in [0.3, 0.4) is 0 Å². The van der Waals surface area contributed by atoms with Gasteiger partial charge in [-0.05, 0) is 35.9 Å². The first-order valence-corrected chi connectivity index (χ1v) is 6.44. The lowest BCUT2D eigenvalue weighted by molar-refractivity contribution is -0.121. The third kappa shape index (κ3) is 2.40. The van der Waals surface area contributed by atoms with E-state index in [0.29, 0.717) is 28.8 Å². The van der Waals surface area contributed by atoms with Crippen molar-refractivity contribution < 1.29 is 9.53 Å². The number of nitrogens with zero attached hydrogens (tertiary/aromatic N) is 2. The van der Waals surface area contributed by atoms with Crippen LogP contribution in [0.1, 0.15) is 5.56 Å². The van der Waals surface area contributed by atoms with Crippen LogP contribution in [0.4, 0.5) is 11.5 Å². The third-order valence-corrected chi connectivity index (χ3v) is 3.29. The Morgan fingerprint density at radius 1 is 1.35 bits per heavy atom. The number of aromatic nitrogens is 1. The number of anilines is 2. The minimum Gasteiger partial charge on any atom is -0.482 e. The summed E-state index contributed by atoms with van der Waals surface area (Å²) < 4.78 is 5.40. The van der Waals surface area contributed by atoms with Crippen molar-refractivity contribution in [3.63, 3.8) is 0 Å². The van der Waals surface area contributed by atoms with E-state index in [1.807, 2.05) is 6.07 Å². The van der Waals surface area contributed by atoms with E-state index in [1.165, 1.54) is 0 Å². The molecule has 5 nitrogen and oxygen atoms in total. The second-order valence-corrected chi connectivity index (χ2v) is 4.91. The van der Waals surface area contributed by atoms with Crippen molar-refractivity contribution in [3.05, 3.63) is 47.1 Å². The number of benzene rings is 1. The molecule has 0 bridgehead atoms. The molecule has 1 aliphatic rings. The summed E-state index contributed by atoms with van der Waals surface area (Å²) in [5.41, 5.74) is 7.23.